The second kappa shape index (κ2) is 6.35. The predicted molar refractivity (Wildman–Crippen MR) is 99.2 cm³/mol. The Morgan fingerprint density at radius 3 is 2.63 bits per heavy atom. The van der Waals surface area contributed by atoms with Crippen LogP contribution in [0.4, 0.5) is 0 Å². The fourth-order valence-electron chi connectivity index (χ4n) is 3.54. The number of rotatable bonds is 2. The fraction of sp³-hybridized carbons (Fsp3) is 0.200. The van der Waals surface area contributed by atoms with Gasteiger partial charge in [0.2, 0.25) is 5.91 Å². The normalized spacial score (nSPS) is 16.2. The van der Waals surface area contributed by atoms with Crippen molar-refractivity contribution in [3.05, 3.63) is 81.4 Å². The number of aromatic nitrogens is 2. The topological polar surface area (TPSA) is 97.8 Å². The van der Waals surface area contributed by atoms with Crippen LogP contribution in [0, 0.1) is 6.92 Å². The maximum Gasteiger partial charge on any atom is 0.270 e. The van der Waals surface area contributed by atoms with E-state index in [1.165, 1.54) is 15.5 Å². The minimum absolute atomic E-state index is 0.0799. The van der Waals surface area contributed by atoms with Gasteiger partial charge in [-0.2, -0.15) is 0 Å². The van der Waals surface area contributed by atoms with Gasteiger partial charge in [0.15, 0.2) is 0 Å². The standard InChI is InChI=1S/C20H18N4O3/c1-12-5-4-8-23-18(12)22-10-15(19(23)26)20(27)24-11-14-7-3-2-6-13(14)9-16(24)17(21)25/h2-8,10,16H,9,11H2,1H3,(H2,21,25)/t16-/m0/s1. The van der Waals surface area contributed by atoms with Crippen molar-refractivity contribution in [2.45, 2.75) is 25.9 Å². The Balaban J connectivity index is 1.80. The first-order chi connectivity index (χ1) is 13.0. The molecule has 0 bridgehead atoms. The molecular formula is C20H18N4O3. The zero-order chi connectivity index (χ0) is 19.1. The van der Waals surface area contributed by atoms with Gasteiger partial charge in [0.05, 0.1) is 0 Å². The average Bonchev–Trinajstić information content (AvgIpc) is 2.67. The molecule has 1 atom stereocenters. The molecule has 2 aromatic heterocycles. The van der Waals surface area contributed by atoms with Crippen molar-refractivity contribution in [2.75, 3.05) is 0 Å². The molecule has 136 valence electrons. The van der Waals surface area contributed by atoms with E-state index in [1.54, 1.807) is 12.3 Å². The number of fused-ring (bicyclic) bond motifs is 2. The largest absolute Gasteiger partial charge is 0.368 e. The van der Waals surface area contributed by atoms with Gasteiger partial charge in [-0.15, -0.1) is 0 Å². The molecule has 27 heavy (non-hydrogen) atoms. The third kappa shape index (κ3) is 2.77. The molecule has 0 saturated carbocycles. The van der Waals surface area contributed by atoms with Gasteiger partial charge in [0.25, 0.3) is 11.5 Å². The average molecular weight is 362 g/mol. The zero-order valence-electron chi connectivity index (χ0n) is 14.8. The van der Waals surface area contributed by atoms with Crippen molar-refractivity contribution >= 4 is 17.5 Å². The minimum Gasteiger partial charge on any atom is -0.368 e. The maximum atomic E-state index is 13.1. The number of hydrogen-bond acceptors (Lipinski definition) is 4. The molecule has 0 saturated heterocycles. The van der Waals surface area contributed by atoms with E-state index in [0.717, 1.165) is 16.7 Å². The van der Waals surface area contributed by atoms with E-state index in [1.807, 2.05) is 37.3 Å². The number of carbonyl (C=O) groups excluding carboxylic acids is 2. The van der Waals surface area contributed by atoms with Gasteiger partial charge in [0, 0.05) is 25.4 Å². The summed E-state index contributed by atoms with van der Waals surface area (Å²) < 4.78 is 1.35. The van der Waals surface area contributed by atoms with Crippen LogP contribution in [-0.2, 0) is 17.8 Å². The van der Waals surface area contributed by atoms with Crippen LogP contribution in [0.3, 0.4) is 0 Å². The van der Waals surface area contributed by atoms with Crippen molar-refractivity contribution in [1.82, 2.24) is 14.3 Å². The zero-order valence-corrected chi connectivity index (χ0v) is 14.8. The number of carbonyl (C=O) groups is 2. The molecule has 0 fully saturated rings. The molecule has 1 aliphatic heterocycles. The molecule has 0 spiro atoms. The number of aryl methyl sites for hydroxylation is 1. The second-order valence-corrected chi connectivity index (χ2v) is 6.69. The van der Waals surface area contributed by atoms with Crippen LogP contribution < -0.4 is 11.3 Å². The summed E-state index contributed by atoms with van der Waals surface area (Å²) in [6, 6.07) is 10.4. The number of amides is 2. The monoisotopic (exact) mass is 362 g/mol. The third-order valence-corrected chi connectivity index (χ3v) is 5.00. The Morgan fingerprint density at radius 1 is 1.15 bits per heavy atom. The Hall–Kier alpha value is -3.48. The summed E-state index contributed by atoms with van der Waals surface area (Å²) in [5, 5.41) is 0. The van der Waals surface area contributed by atoms with Gasteiger partial charge in [-0.3, -0.25) is 18.8 Å². The summed E-state index contributed by atoms with van der Waals surface area (Å²) in [7, 11) is 0. The summed E-state index contributed by atoms with van der Waals surface area (Å²) >= 11 is 0. The van der Waals surface area contributed by atoms with E-state index in [0.29, 0.717) is 12.1 Å². The molecule has 0 unspecified atom stereocenters. The van der Waals surface area contributed by atoms with Crippen molar-refractivity contribution < 1.29 is 9.59 Å². The van der Waals surface area contributed by atoms with Gasteiger partial charge in [-0.1, -0.05) is 30.3 Å². The van der Waals surface area contributed by atoms with Crippen LogP contribution in [-0.4, -0.2) is 32.1 Å². The SMILES string of the molecule is Cc1cccn2c(=O)c(C(=O)N3Cc4ccccc4C[C@H]3C(N)=O)cnc12. The minimum atomic E-state index is -0.801. The Labute approximate surface area is 155 Å². The maximum absolute atomic E-state index is 13.1. The lowest BCUT2D eigenvalue weighted by Crippen LogP contribution is -2.52. The van der Waals surface area contributed by atoms with Gasteiger partial charge >= 0.3 is 0 Å². The highest BCUT2D eigenvalue weighted by molar-refractivity contribution is 5.97. The molecule has 1 aromatic carbocycles. The Kier molecular flexibility index (Phi) is 3.99. The van der Waals surface area contributed by atoms with Crippen molar-refractivity contribution in [1.29, 1.82) is 0 Å². The molecule has 1 aliphatic rings. The number of nitrogens with two attached hydrogens (primary N) is 1. The Morgan fingerprint density at radius 2 is 1.89 bits per heavy atom. The van der Waals surface area contributed by atoms with Crippen molar-refractivity contribution in [2.24, 2.45) is 5.73 Å². The summed E-state index contributed by atoms with van der Waals surface area (Å²) in [6.07, 6.45) is 3.19. The molecular weight excluding hydrogens is 344 g/mol. The lowest BCUT2D eigenvalue weighted by atomic mass is 9.93. The number of hydrogen-bond donors (Lipinski definition) is 1. The van der Waals surface area contributed by atoms with Gasteiger partial charge in [-0.05, 0) is 29.7 Å². The highest BCUT2D eigenvalue weighted by atomic mass is 16.2. The van der Waals surface area contributed by atoms with Gasteiger partial charge < -0.3 is 10.6 Å². The molecule has 2 N–H and O–H groups in total. The van der Waals surface area contributed by atoms with E-state index in [9.17, 15) is 14.4 Å². The van der Waals surface area contributed by atoms with E-state index >= 15 is 0 Å². The van der Waals surface area contributed by atoms with Crippen LogP contribution >= 0.6 is 0 Å². The first-order valence-corrected chi connectivity index (χ1v) is 8.61. The Bertz CT molecular complexity index is 1140. The van der Waals surface area contributed by atoms with Crippen molar-refractivity contribution in [3.63, 3.8) is 0 Å². The number of primary amides is 1. The van der Waals surface area contributed by atoms with Crippen molar-refractivity contribution in [3.8, 4) is 0 Å². The summed E-state index contributed by atoms with van der Waals surface area (Å²) in [6.45, 7) is 2.06. The summed E-state index contributed by atoms with van der Waals surface area (Å²) in [5.41, 5.74) is 8.25. The van der Waals surface area contributed by atoms with Crippen LogP contribution in [0.25, 0.3) is 5.65 Å². The molecule has 3 aromatic rings. The molecule has 0 radical (unpaired) electrons. The molecule has 2 amide bonds. The van der Waals surface area contributed by atoms with E-state index in [-0.39, 0.29) is 12.1 Å². The quantitative estimate of drug-likeness (QED) is 0.737. The molecule has 0 aliphatic carbocycles. The van der Waals surface area contributed by atoms with E-state index < -0.39 is 23.4 Å². The molecule has 7 heteroatoms. The van der Waals surface area contributed by atoms with E-state index in [4.69, 9.17) is 5.73 Å². The smallest absolute Gasteiger partial charge is 0.270 e. The van der Waals surface area contributed by atoms with Gasteiger partial charge in [-0.25, -0.2) is 4.98 Å². The highest BCUT2D eigenvalue weighted by Gasteiger charge is 2.35. The van der Waals surface area contributed by atoms with Crippen LogP contribution in [0.2, 0.25) is 0 Å². The van der Waals surface area contributed by atoms with E-state index in [2.05, 4.69) is 4.98 Å². The van der Waals surface area contributed by atoms with Crippen LogP contribution in [0.15, 0.2) is 53.6 Å². The molecule has 4 rings (SSSR count). The number of benzene rings is 1. The predicted octanol–water partition coefficient (Wildman–Crippen LogP) is 1.06. The summed E-state index contributed by atoms with van der Waals surface area (Å²) in [4.78, 5) is 43.6. The molecule has 7 nitrogen and oxygen atoms in total. The van der Waals surface area contributed by atoms with Crippen LogP contribution in [0.1, 0.15) is 27.0 Å². The first-order valence-electron chi connectivity index (χ1n) is 8.61. The number of pyridine rings is 1. The van der Waals surface area contributed by atoms with Gasteiger partial charge in [0.1, 0.15) is 17.3 Å². The summed E-state index contributed by atoms with van der Waals surface area (Å²) in [5.74, 6) is -1.13. The second-order valence-electron chi connectivity index (χ2n) is 6.69. The first kappa shape index (κ1) is 17.0. The fourth-order valence-corrected chi connectivity index (χ4v) is 3.54. The highest BCUT2D eigenvalue weighted by Crippen LogP contribution is 2.24. The third-order valence-electron chi connectivity index (χ3n) is 5.00. The number of nitrogens with zero attached hydrogens (tertiary/aromatic N) is 3. The molecule has 3 heterocycles. The van der Waals surface area contributed by atoms with Crippen LogP contribution in [0.5, 0.6) is 0 Å². The lowest BCUT2D eigenvalue weighted by Gasteiger charge is -2.35. The lowest BCUT2D eigenvalue weighted by molar-refractivity contribution is -0.122.